The molecule has 3 aromatic rings. The van der Waals surface area contributed by atoms with Gasteiger partial charge in [-0.3, -0.25) is 9.69 Å². The fourth-order valence-electron chi connectivity index (χ4n) is 5.89. The van der Waals surface area contributed by atoms with Crippen LogP contribution in [0.2, 0.25) is 0 Å². The molecule has 0 spiro atoms. The Morgan fingerprint density at radius 2 is 1.68 bits per heavy atom. The zero-order chi connectivity index (χ0) is 28.8. The molecule has 210 valence electrons. The third kappa shape index (κ3) is 7.03. The van der Waals surface area contributed by atoms with Gasteiger partial charge in [-0.25, -0.2) is 0 Å². The Bertz CT molecular complexity index is 1340. The van der Waals surface area contributed by atoms with Crippen molar-refractivity contribution in [1.29, 1.82) is 5.26 Å². The lowest BCUT2D eigenvalue weighted by molar-refractivity contribution is -0.0341. The highest BCUT2D eigenvalue weighted by Crippen LogP contribution is 2.38. The van der Waals surface area contributed by atoms with Gasteiger partial charge in [0.25, 0.3) is 5.91 Å². The Morgan fingerprint density at radius 1 is 0.950 bits per heavy atom. The van der Waals surface area contributed by atoms with E-state index in [9.17, 15) is 4.79 Å². The first kappa shape index (κ1) is 29.2. The lowest BCUT2D eigenvalue weighted by atomic mass is 9.80. The molecule has 1 N–H and O–H groups in total. The molecular weight excluding hydrogens is 498 g/mol. The van der Waals surface area contributed by atoms with Crippen LogP contribution >= 0.6 is 0 Å². The predicted molar refractivity (Wildman–Crippen MR) is 161 cm³/mol. The fourth-order valence-corrected chi connectivity index (χ4v) is 5.89. The number of likely N-dealkylation sites (tertiary alicyclic amines) is 1. The summed E-state index contributed by atoms with van der Waals surface area (Å²) in [7, 11) is 1.62. The molecule has 0 aliphatic carbocycles. The molecule has 1 amide bonds. The predicted octanol–water partition coefficient (Wildman–Crippen LogP) is 7.49. The van der Waals surface area contributed by atoms with Crippen LogP contribution in [0.5, 0.6) is 11.5 Å². The van der Waals surface area contributed by atoms with E-state index < -0.39 is 0 Å². The molecule has 1 aliphatic heterocycles. The second kappa shape index (κ2) is 12.6. The monoisotopic (exact) mass is 539 g/mol. The van der Waals surface area contributed by atoms with Gasteiger partial charge >= 0.3 is 0 Å². The number of carbonyl (C=O) groups excluding carboxylic acids is 1. The topological polar surface area (TPSA) is 74.6 Å². The number of piperidine rings is 1. The zero-order valence-electron chi connectivity index (χ0n) is 24.4. The van der Waals surface area contributed by atoms with Crippen LogP contribution < -0.4 is 14.8 Å². The van der Waals surface area contributed by atoms with E-state index in [1.807, 2.05) is 60.7 Å². The molecule has 0 atom stereocenters. The van der Waals surface area contributed by atoms with E-state index in [0.717, 1.165) is 29.7 Å². The Kier molecular flexibility index (Phi) is 9.17. The normalized spacial score (nSPS) is 16.1. The van der Waals surface area contributed by atoms with Crippen molar-refractivity contribution in [1.82, 2.24) is 4.90 Å². The first-order valence-corrected chi connectivity index (χ1v) is 14.1. The summed E-state index contributed by atoms with van der Waals surface area (Å²) in [4.78, 5) is 15.6. The Hall–Kier alpha value is -3.82. The van der Waals surface area contributed by atoms with Gasteiger partial charge in [-0.1, -0.05) is 36.4 Å². The molecule has 0 unspecified atom stereocenters. The fraction of sp³-hybridized carbons (Fsp3) is 0.412. The number of nitrogens with one attached hydrogen (secondary N) is 1. The molecule has 1 aliphatic rings. The van der Waals surface area contributed by atoms with Gasteiger partial charge in [-0.05, 0) is 94.3 Å². The van der Waals surface area contributed by atoms with Gasteiger partial charge in [0.2, 0.25) is 0 Å². The number of nitriles is 1. The summed E-state index contributed by atoms with van der Waals surface area (Å²) in [5, 5.41) is 11.9. The molecule has 0 saturated carbocycles. The lowest BCUT2D eigenvalue weighted by Crippen LogP contribution is -2.59. The number of ether oxygens (including phenoxy) is 2. The maximum Gasteiger partial charge on any atom is 0.255 e. The molecule has 6 nitrogen and oxygen atoms in total. The van der Waals surface area contributed by atoms with Gasteiger partial charge in [-0.2, -0.15) is 5.26 Å². The molecule has 0 bridgehead atoms. The SMILES string of the molecule is COc1ccc(NC(=O)c2ccc(-c3cccc(CCC#N)c3)cc2)cc1OCCN1C(C)(C)CCCC1(C)C. The van der Waals surface area contributed by atoms with E-state index in [1.165, 1.54) is 19.3 Å². The lowest BCUT2D eigenvalue weighted by Gasteiger charge is -2.53. The van der Waals surface area contributed by atoms with Gasteiger partial charge in [-0.15, -0.1) is 0 Å². The van der Waals surface area contributed by atoms with Crippen molar-refractivity contribution in [3.8, 4) is 28.7 Å². The van der Waals surface area contributed by atoms with Crippen molar-refractivity contribution in [2.75, 3.05) is 25.6 Å². The van der Waals surface area contributed by atoms with Gasteiger partial charge in [0, 0.05) is 41.4 Å². The molecule has 3 aromatic carbocycles. The number of carbonyl (C=O) groups is 1. The summed E-state index contributed by atoms with van der Waals surface area (Å²) < 4.78 is 11.7. The van der Waals surface area contributed by atoms with Crippen LogP contribution in [-0.4, -0.2) is 42.1 Å². The summed E-state index contributed by atoms with van der Waals surface area (Å²) >= 11 is 0. The van der Waals surface area contributed by atoms with E-state index >= 15 is 0 Å². The van der Waals surface area contributed by atoms with Crippen molar-refractivity contribution in [2.45, 2.75) is 70.9 Å². The molecule has 40 heavy (non-hydrogen) atoms. The number of amides is 1. The first-order valence-electron chi connectivity index (χ1n) is 14.1. The molecule has 1 heterocycles. The van der Waals surface area contributed by atoms with Crippen LogP contribution in [0.25, 0.3) is 11.1 Å². The Morgan fingerprint density at radius 3 is 2.35 bits per heavy atom. The minimum absolute atomic E-state index is 0.126. The van der Waals surface area contributed by atoms with Gasteiger partial charge in [0.1, 0.15) is 6.61 Å². The average Bonchev–Trinajstić information content (AvgIpc) is 2.93. The summed E-state index contributed by atoms with van der Waals surface area (Å²) in [6.07, 6.45) is 4.82. The number of methoxy groups -OCH3 is 1. The summed E-state index contributed by atoms with van der Waals surface area (Å²) in [5.41, 5.74) is 4.68. The highest BCUT2D eigenvalue weighted by atomic mass is 16.5. The van der Waals surface area contributed by atoms with Crippen LogP contribution in [-0.2, 0) is 6.42 Å². The minimum atomic E-state index is -0.192. The highest BCUT2D eigenvalue weighted by molar-refractivity contribution is 6.04. The van der Waals surface area contributed by atoms with Crippen molar-refractivity contribution in [2.24, 2.45) is 0 Å². The maximum atomic E-state index is 13.0. The molecule has 1 saturated heterocycles. The zero-order valence-corrected chi connectivity index (χ0v) is 24.4. The van der Waals surface area contributed by atoms with Crippen LogP contribution in [0.3, 0.4) is 0 Å². The Balaban J connectivity index is 1.41. The van der Waals surface area contributed by atoms with Gasteiger partial charge < -0.3 is 14.8 Å². The number of nitrogens with zero attached hydrogens (tertiary/aromatic N) is 2. The van der Waals surface area contributed by atoms with Crippen LogP contribution in [0.1, 0.15) is 69.3 Å². The number of hydrogen-bond donors (Lipinski definition) is 1. The number of rotatable bonds is 10. The summed E-state index contributed by atoms with van der Waals surface area (Å²) in [6, 6.07) is 23.4. The number of benzene rings is 3. The van der Waals surface area contributed by atoms with Crippen LogP contribution in [0, 0.1) is 11.3 Å². The van der Waals surface area contributed by atoms with Crippen molar-refractivity contribution >= 4 is 11.6 Å². The third-order valence-corrected chi connectivity index (χ3v) is 7.97. The second-order valence-electron chi connectivity index (χ2n) is 11.7. The second-order valence-corrected chi connectivity index (χ2v) is 11.7. The quantitative estimate of drug-likeness (QED) is 0.289. The largest absolute Gasteiger partial charge is 0.493 e. The Labute approximate surface area is 238 Å². The molecule has 6 heteroatoms. The van der Waals surface area contributed by atoms with Gasteiger partial charge in [0.05, 0.1) is 13.2 Å². The van der Waals surface area contributed by atoms with E-state index in [-0.39, 0.29) is 17.0 Å². The third-order valence-electron chi connectivity index (χ3n) is 7.97. The van der Waals surface area contributed by atoms with E-state index in [1.54, 1.807) is 7.11 Å². The molecule has 4 rings (SSSR count). The van der Waals surface area contributed by atoms with Gasteiger partial charge in [0.15, 0.2) is 11.5 Å². The van der Waals surface area contributed by atoms with E-state index in [2.05, 4.69) is 50.0 Å². The number of hydrogen-bond acceptors (Lipinski definition) is 5. The van der Waals surface area contributed by atoms with Crippen LogP contribution in [0.15, 0.2) is 66.7 Å². The molecular formula is C34H41N3O3. The molecule has 1 fully saturated rings. The summed E-state index contributed by atoms with van der Waals surface area (Å²) in [5.74, 6) is 1.05. The number of anilines is 1. The molecule has 0 radical (unpaired) electrons. The van der Waals surface area contributed by atoms with Crippen molar-refractivity contribution < 1.29 is 14.3 Å². The first-order chi connectivity index (χ1) is 19.1. The highest BCUT2D eigenvalue weighted by Gasteiger charge is 2.40. The maximum absolute atomic E-state index is 13.0. The smallest absolute Gasteiger partial charge is 0.255 e. The standard InChI is InChI=1S/C34H41N3O3/c1-33(2)18-8-19-34(3,4)37(33)21-22-40-31-24-29(16-17-30(31)39-5)36-32(38)27-14-12-26(13-15-27)28-11-6-9-25(23-28)10-7-20-35/h6,9,11-17,23-24H,7-8,10,18-19,21-22H2,1-5H3,(H,36,38). The molecule has 0 aromatic heterocycles. The van der Waals surface area contributed by atoms with Crippen LogP contribution in [0.4, 0.5) is 5.69 Å². The number of aryl methyl sites for hydroxylation is 1. The minimum Gasteiger partial charge on any atom is -0.493 e. The van der Waals surface area contributed by atoms with E-state index in [4.69, 9.17) is 14.7 Å². The van der Waals surface area contributed by atoms with E-state index in [0.29, 0.717) is 35.8 Å². The summed E-state index contributed by atoms with van der Waals surface area (Å²) in [6.45, 7) is 10.6. The van der Waals surface area contributed by atoms with Crippen molar-refractivity contribution in [3.05, 3.63) is 77.9 Å². The van der Waals surface area contributed by atoms with Crippen molar-refractivity contribution in [3.63, 3.8) is 0 Å². The average molecular weight is 540 g/mol.